The van der Waals surface area contributed by atoms with Crippen molar-refractivity contribution in [2.24, 2.45) is 16.7 Å². The van der Waals surface area contributed by atoms with Gasteiger partial charge < -0.3 is 5.11 Å². The Balaban J connectivity index is 2.00. The molecule has 1 N–H and O–H groups in total. The molecule has 0 bridgehead atoms. The molecule has 0 amide bonds. The molecule has 0 saturated heterocycles. The van der Waals surface area contributed by atoms with Gasteiger partial charge in [0.25, 0.3) is 0 Å². The predicted octanol–water partition coefficient (Wildman–Crippen LogP) is 2.98. The van der Waals surface area contributed by atoms with Crippen LogP contribution in [0.5, 0.6) is 0 Å². The molecule has 2 rings (SSSR count). The summed E-state index contributed by atoms with van der Waals surface area (Å²) in [6.07, 6.45) is 8.02. The Morgan fingerprint density at radius 3 is 2.38 bits per heavy atom. The van der Waals surface area contributed by atoms with Gasteiger partial charge in [-0.15, -0.1) is 0 Å². The highest BCUT2D eigenvalue weighted by Crippen LogP contribution is 2.58. The zero-order valence-electron chi connectivity index (χ0n) is 8.97. The largest absolute Gasteiger partial charge is 0.396 e. The quantitative estimate of drug-likeness (QED) is 0.696. The molecule has 0 heterocycles. The molecule has 76 valence electrons. The summed E-state index contributed by atoms with van der Waals surface area (Å²) in [6.45, 7) is 5.20. The summed E-state index contributed by atoms with van der Waals surface area (Å²) in [5, 5.41) is 9.38. The van der Waals surface area contributed by atoms with Crippen molar-refractivity contribution < 1.29 is 5.11 Å². The van der Waals surface area contributed by atoms with E-state index in [9.17, 15) is 5.11 Å². The van der Waals surface area contributed by atoms with Crippen LogP contribution in [0.15, 0.2) is 0 Å². The third-order valence-corrected chi connectivity index (χ3v) is 4.28. The van der Waals surface area contributed by atoms with Crippen molar-refractivity contribution in [1.82, 2.24) is 0 Å². The normalized spacial score (nSPS) is 35.8. The van der Waals surface area contributed by atoms with Crippen molar-refractivity contribution in [1.29, 1.82) is 0 Å². The Kier molecular flexibility index (Phi) is 2.18. The van der Waals surface area contributed by atoms with E-state index in [1.165, 1.54) is 38.5 Å². The van der Waals surface area contributed by atoms with E-state index < -0.39 is 0 Å². The average molecular weight is 182 g/mol. The molecule has 2 aliphatic rings. The van der Waals surface area contributed by atoms with Crippen molar-refractivity contribution >= 4 is 0 Å². The molecule has 1 nitrogen and oxygen atoms in total. The van der Waals surface area contributed by atoms with E-state index in [4.69, 9.17) is 0 Å². The fourth-order valence-corrected chi connectivity index (χ4v) is 3.08. The highest BCUT2D eigenvalue weighted by molar-refractivity contribution is 5.00. The number of rotatable bonds is 2. The number of hydrogen-bond acceptors (Lipinski definition) is 1. The van der Waals surface area contributed by atoms with Crippen LogP contribution in [-0.4, -0.2) is 11.7 Å². The van der Waals surface area contributed by atoms with E-state index in [2.05, 4.69) is 13.8 Å². The zero-order valence-corrected chi connectivity index (χ0v) is 8.97. The topological polar surface area (TPSA) is 20.2 Å². The number of aliphatic hydroxyl groups is 1. The fourth-order valence-electron chi connectivity index (χ4n) is 3.08. The molecular weight excluding hydrogens is 160 g/mol. The van der Waals surface area contributed by atoms with Gasteiger partial charge in [-0.05, 0) is 48.9 Å². The van der Waals surface area contributed by atoms with Gasteiger partial charge in [-0.3, -0.25) is 0 Å². The Labute approximate surface area is 81.5 Å². The van der Waals surface area contributed by atoms with Crippen LogP contribution >= 0.6 is 0 Å². The second kappa shape index (κ2) is 2.98. The van der Waals surface area contributed by atoms with Crippen LogP contribution < -0.4 is 0 Å². The molecule has 0 aromatic carbocycles. The fraction of sp³-hybridized carbons (Fsp3) is 1.00. The monoisotopic (exact) mass is 182 g/mol. The molecule has 0 aliphatic heterocycles. The molecule has 1 atom stereocenters. The minimum atomic E-state index is 0.373. The molecule has 1 heteroatoms. The van der Waals surface area contributed by atoms with E-state index in [1.54, 1.807) is 0 Å². The summed E-state index contributed by atoms with van der Waals surface area (Å²) in [5.41, 5.74) is 0.908. The summed E-state index contributed by atoms with van der Waals surface area (Å²) in [7, 11) is 0. The van der Waals surface area contributed by atoms with Gasteiger partial charge in [0.05, 0.1) is 0 Å². The van der Waals surface area contributed by atoms with Crippen molar-refractivity contribution in [3.63, 3.8) is 0 Å². The Bertz CT molecular complexity index is 191. The summed E-state index contributed by atoms with van der Waals surface area (Å²) in [6, 6.07) is 0. The van der Waals surface area contributed by atoms with E-state index >= 15 is 0 Å². The molecule has 0 radical (unpaired) electrons. The van der Waals surface area contributed by atoms with E-state index in [1.807, 2.05) is 0 Å². The van der Waals surface area contributed by atoms with Gasteiger partial charge >= 0.3 is 0 Å². The predicted molar refractivity (Wildman–Crippen MR) is 54.5 cm³/mol. The second-order valence-corrected chi connectivity index (χ2v) is 5.98. The van der Waals surface area contributed by atoms with E-state index in [-0.39, 0.29) is 0 Å². The molecule has 2 saturated carbocycles. The maximum atomic E-state index is 9.38. The zero-order chi connectivity index (χ0) is 9.53. The third kappa shape index (κ3) is 1.76. The first-order chi connectivity index (χ1) is 6.08. The van der Waals surface area contributed by atoms with Crippen LogP contribution in [0.4, 0.5) is 0 Å². The molecule has 2 fully saturated rings. The summed E-state index contributed by atoms with van der Waals surface area (Å²) in [4.78, 5) is 0. The van der Waals surface area contributed by atoms with Crippen molar-refractivity contribution in [3.05, 3.63) is 0 Å². The molecule has 0 aromatic rings. The SMILES string of the molecule is CC1(C)CCCC(C2(CO)CC2)C1. The van der Waals surface area contributed by atoms with Crippen molar-refractivity contribution in [2.75, 3.05) is 6.61 Å². The van der Waals surface area contributed by atoms with Crippen LogP contribution in [-0.2, 0) is 0 Å². The first kappa shape index (κ1) is 9.51. The molecular formula is C12H22O. The Hall–Kier alpha value is -0.0400. The van der Waals surface area contributed by atoms with Gasteiger partial charge in [0.1, 0.15) is 0 Å². The first-order valence-electron chi connectivity index (χ1n) is 5.69. The number of aliphatic hydroxyl groups excluding tert-OH is 1. The number of hydrogen-bond donors (Lipinski definition) is 1. The summed E-state index contributed by atoms with van der Waals surface area (Å²) < 4.78 is 0. The lowest BCUT2D eigenvalue weighted by atomic mass is 9.67. The third-order valence-electron chi connectivity index (χ3n) is 4.28. The first-order valence-corrected chi connectivity index (χ1v) is 5.69. The molecule has 0 aromatic heterocycles. The van der Waals surface area contributed by atoms with Gasteiger partial charge in [0.15, 0.2) is 0 Å². The van der Waals surface area contributed by atoms with Gasteiger partial charge in [-0.1, -0.05) is 20.3 Å². The van der Waals surface area contributed by atoms with E-state index in [0.29, 0.717) is 17.4 Å². The van der Waals surface area contributed by atoms with Crippen LogP contribution in [0.1, 0.15) is 52.4 Å². The Morgan fingerprint density at radius 1 is 1.23 bits per heavy atom. The lowest BCUT2D eigenvalue weighted by Crippen LogP contribution is -2.30. The van der Waals surface area contributed by atoms with Gasteiger partial charge in [-0.25, -0.2) is 0 Å². The highest BCUT2D eigenvalue weighted by atomic mass is 16.3. The van der Waals surface area contributed by atoms with Gasteiger partial charge in [-0.2, -0.15) is 0 Å². The minimum absolute atomic E-state index is 0.373. The molecule has 2 aliphatic carbocycles. The van der Waals surface area contributed by atoms with Crippen LogP contribution in [0, 0.1) is 16.7 Å². The van der Waals surface area contributed by atoms with Crippen LogP contribution in [0.3, 0.4) is 0 Å². The van der Waals surface area contributed by atoms with Gasteiger partial charge in [0.2, 0.25) is 0 Å². The smallest absolute Gasteiger partial charge is 0.0490 e. The maximum absolute atomic E-state index is 9.38. The maximum Gasteiger partial charge on any atom is 0.0490 e. The molecule has 1 unspecified atom stereocenters. The summed E-state index contributed by atoms with van der Waals surface area (Å²) >= 11 is 0. The van der Waals surface area contributed by atoms with Crippen LogP contribution in [0.2, 0.25) is 0 Å². The Morgan fingerprint density at radius 2 is 1.92 bits per heavy atom. The second-order valence-electron chi connectivity index (χ2n) is 5.98. The van der Waals surface area contributed by atoms with Gasteiger partial charge in [0, 0.05) is 6.61 Å². The minimum Gasteiger partial charge on any atom is -0.396 e. The van der Waals surface area contributed by atoms with E-state index in [0.717, 1.165) is 5.92 Å². The average Bonchev–Trinajstić information content (AvgIpc) is 2.82. The van der Waals surface area contributed by atoms with Crippen molar-refractivity contribution in [3.8, 4) is 0 Å². The molecule has 0 spiro atoms. The highest BCUT2D eigenvalue weighted by Gasteiger charge is 2.50. The van der Waals surface area contributed by atoms with Crippen LogP contribution in [0.25, 0.3) is 0 Å². The lowest BCUT2D eigenvalue weighted by Gasteiger charge is -2.39. The molecule has 13 heavy (non-hydrogen) atoms. The lowest BCUT2D eigenvalue weighted by molar-refractivity contribution is 0.0787. The summed E-state index contributed by atoms with van der Waals surface area (Å²) in [5.74, 6) is 0.821. The van der Waals surface area contributed by atoms with Crippen molar-refractivity contribution in [2.45, 2.75) is 52.4 Å². The standard InChI is InChI=1S/C12H22O/c1-11(2)5-3-4-10(8-11)12(9-13)6-7-12/h10,13H,3-9H2,1-2H3.